The van der Waals surface area contributed by atoms with Gasteiger partial charge in [-0.2, -0.15) is 0 Å². The van der Waals surface area contributed by atoms with Gasteiger partial charge in [-0.1, -0.05) is 12.1 Å². The van der Waals surface area contributed by atoms with Crippen molar-refractivity contribution in [1.29, 1.82) is 0 Å². The topological polar surface area (TPSA) is 49.4 Å². The maximum atomic E-state index is 13.8. The van der Waals surface area contributed by atoms with Crippen molar-refractivity contribution in [3.63, 3.8) is 0 Å². The van der Waals surface area contributed by atoms with E-state index in [1.807, 2.05) is 0 Å². The molecule has 126 valence electrons. The fourth-order valence-corrected chi connectivity index (χ4v) is 2.17. The highest BCUT2D eigenvalue weighted by molar-refractivity contribution is 5.95. The quantitative estimate of drug-likeness (QED) is 0.913. The number of anilines is 1. The van der Waals surface area contributed by atoms with Crippen LogP contribution in [0.1, 0.15) is 17.3 Å². The van der Waals surface area contributed by atoms with Crippen molar-refractivity contribution >= 4 is 17.5 Å². The summed E-state index contributed by atoms with van der Waals surface area (Å²) in [7, 11) is 0. The Hall–Kier alpha value is -2.83. The van der Waals surface area contributed by atoms with E-state index >= 15 is 0 Å². The summed E-state index contributed by atoms with van der Waals surface area (Å²) >= 11 is 0. The molecule has 0 spiro atoms. The van der Waals surface area contributed by atoms with Gasteiger partial charge >= 0.3 is 0 Å². The Morgan fingerprint density at radius 1 is 1.04 bits per heavy atom. The Balaban J connectivity index is 2.04. The van der Waals surface area contributed by atoms with E-state index in [9.17, 15) is 22.8 Å². The second kappa shape index (κ2) is 7.63. The van der Waals surface area contributed by atoms with E-state index < -0.39 is 29.3 Å². The molecule has 0 radical (unpaired) electrons. The van der Waals surface area contributed by atoms with Crippen molar-refractivity contribution in [3.8, 4) is 0 Å². The Labute approximate surface area is 136 Å². The van der Waals surface area contributed by atoms with Gasteiger partial charge in [-0.05, 0) is 24.3 Å². The summed E-state index contributed by atoms with van der Waals surface area (Å²) in [4.78, 5) is 24.6. The zero-order chi connectivity index (χ0) is 17.7. The Morgan fingerprint density at radius 3 is 2.38 bits per heavy atom. The summed E-state index contributed by atoms with van der Waals surface area (Å²) in [5.74, 6) is -3.42. The first kappa shape index (κ1) is 17.5. The molecule has 0 saturated carbocycles. The third-order valence-electron chi connectivity index (χ3n) is 3.32. The van der Waals surface area contributed by atoms with Crippen LogP contribution in [0.15, 0.2) is 42.5 Å². The SMILES string of the molecule is CC(=O)N(CCNC(=O)c1ccccc1F)c1ccc(F)cc1F. The second-order valence-corrected chi connectivity index (χ2v) is 5.00. The van der Waals surface area contributed by atoms with Gasteiger partial charge in [-0.15, -0.1) is 0 Å². The lowest BCUT2D eigenvalue weighted by molar-refractivity contribution is -0.116. The maximum Gasteiger partial charge on any atom is 0.254 e. The number of benzene rings is 2. The summed E-state index contributed by atoms with van der Waals surface area (Å²) in [5, 5.41) is 2.46. The van der Waals surface area contributed by atoms with Crippen LogP contribution >= 0.6 is 0 Å². The number of carbonyl (C=O) groups excluding carboxylic acids is 2. The second-order valence-electron chi connectivity index (χ2n) is 5.00. The van der Waals surface area contributed by atoms with Crippen molar-refractivity contribution in [3.05, 3.63) is 65.5 Å². The van der Waals surface area contributed by atoms with E-state index in [-0.39, 0.29) is 24.3 Å². The van der Waals surface area contributed by atoms with Crippen LogP contribution in [0, 0.1) is 17.5 Å². The van der Waals surface area contributed by atoms with Crippen LogP contribution in [0.5, 0.6) is 0 Å². The molecule has 0 saturated heterocycles. The zero-order valence-corrected chi connectivity index (χ0v) is 12.9. The van der Waals surface area contributed by atoms with Crippen LogP contribution < -0.4 is 10.2 Å². The minimum atomic E-state index is -0.884. The molecule has 2 rings (SSSR count). The number of amides is 2. The van der Waals surface area contributed by atoms with Crippen molar-refractivity contribution in [2.24, 2.45) is 0 Å². The van der Waals surface area contributed by atoms with Crippen molar-refractivity contribution < 1.29 is 22.8 Å². The molecule has 0 atom stereocenters. The number of rotatable bonds is 5. The molecule has 0 aliphatic heterocycles. The summed E-state index contributed by atoms with van der Waals surface area (Å²) in [5.41, 5.74) is -0.219. The molecule has 0 unspecified atom stereocenters. The first-order chi connectivity index (χ1) is 11.4. The Morgan fingerprint density at radius 2 is 1.75 bits per heavy atom. The molecule has 0 aromatic heterocycles. The van der Waals surface area contributed by atoms with Crippen LogP contribution in [0.4, 0.5) is 18.9 Å². The molecule has 24 heavy (non-hydrogen) atoms. The van der Waals surface area contributed by atoms with Crippen LogP contribution in [0.25, 0.3) is 0 Å². The highest BCUT2D eigenvalue weighted by Crippen LogP contribution is 2.20. The summed E-state index contributed by atoms with van der Waals surface area (Å²) < 4.78 is 40.3. The van der Waals surface area contributed by atoms with E-state index in [0.29, 0.717) is 6.07 Å². The Bertz CT molecular complexity index is 765. The molecule has 7 heteroatoms. The van der Waals surface area contributed by atoms with Gasteiger partial charge in [0.25, 0.3) is 5.91 Å². The molecular weight excluding hydrogens is 321 g/mol. The molecule has 2 aromatic rings. The predicted octanol–water partition coefficient (Wildman–Crippen LogP) is 2.89. The van der Waals surface area contributed by atoms with Crippen molar-refractivity contribution in [2.45, 2.75) is 6.92 Å². The van der Waals surface area contributed by atoms with Gasteiger partial charge in [-0.25, -0.2) is 13.2 Å². The molecule has 0 fully saturated rings. The monoisotopic (exact) mass is 336 g/mol. The first-order valence-corrected chi connectivity index (χ1v) is 7.16. The fourth-order valence-electron chi connectivity index (χ4n) is 2.17. The lowest BCUT2D eigenvalue weighted by atomic mass is 10.2. The van der Waals surface area contributed by atoms with Gasteiger partial charge in [0.05, 0.1) is 11.3 Å². The van der Waals surface area contributed by atoms with Gasteiger partial charge < -0.3 is 10.2 Å². The summed E-state index contributed by atoms with van der Waals surface area (Å²) in [6, 6.07) is 8.31. The van der Waals surface area contributed by atoms with E-state index in [0.717, 1.165) is 23.1 Å². The normalized spacial score (nSPS) is 10.3. The van der Waals surface area contributed by atoms with Crippen LogP contribution in [0.2, 0.25) is 0 Å². The molecule has 0 aliphatic carbocycles. The van der Waals surface area contributed by atoms with Crippen LogP contribution in [0.3, 0.4) is 0 Å². The number of hydrogen-bond acceptors (Lipinski definition) is 2. The lowest BCUT2D eigenvalue weighted by Gasteiger charge is -2.22. The largest absolute Gasteiger partial charge is 0.350 e. The molecule has 1 N–H and O–H groups in total. The fraction of sp³-hybridized carbons (Fsp3) is 0.176. The van der Waals surface area contributed by atoms with Gasteiger partial charge in [0, 0.05) is 26.1 Å². The summed E-state index contributed by atoms with van der Waals surface area (Å²) in [6.45, 7) is 1.16. The van der Waals surface area contributed by atoms with Gasteiger partial charge in [0.15, 0.2) is 0 Å². The number of hydrogen-bond donors (Lipinski definition) is 1. The average molecular weight is 336 g/mol. The Kier molecular flexibility index (Phi) is 5.57. The molecule has 0 heterocycles. The third-order valence-corrected chi connectivity index (χ3v) is 3.32. The van der Waals surface area contributed by atoms with Crippen molar-refractivity contribution in [2.75, 3.05) is 18.0 Å². The van der Waals surface area contributed by atoms with Gasteiger partial charge in [0.2, 0.25) is 5.91 Å². The molecule has 2 aromatic carbocycles. The highest BCUT2D eigenvalue weighted by atomic mass is 19.1. The smallest absolute Gasteiger partial charge is 0.254 e. The lowest BCUT2D eigenvalue weighted by Crippen LogP contribution is -2.38. The number of halogens is 3. The van der Waals surface area contributed by atoms with E-state index in [4.69, 9.17) is 0 Å². The minimum Gasteiger partial charge on any atom is -0.350 e. The number of carbonyl (C=O) groups is 2. The van der Waals surface area contributed by atoms with E-state index in [1.165, 1.54) is 25.1 Å². The van der Waals surface area contributed by atoms with Gasteiger partial charge in [0.1, 0.15) is 17.5 Å². The predicted molar refractivity (Wildman–Crippen MR) is 83.1 cm³/mol. The van der Waals surface area contributed by atoms with E-state index in [1.54, 1.807) is 0 Å². The standard InChI is InChI=1S/C17H15F3N2O2/c1-11(23)22(16-7-6-12(18)10-15(16)20)9-8-21-17(24)13-4-2-3-5-14(13)19/h2-7,10H,8-9H2,1H3,(H,21,24). The molecule has 4 nitrogen and oxygen atoms in total. The van der Waals surface area contributed by atoms with Crippen LogP contribution in [-0.2, 0) is 4.79 Å². The minimum absolute atomic E-state index is 0.0242. The van der Waals surface area contributed by atoms with Gasteiger partial charge in [-0.3, -0.25) is 9.59 Å². The zero-order valence-electron chi connectivity index (χ0n) is 12.9. The summed E-state index contributed by atoms with van der Waals surface area (Å²) in [6.07, 6.45) is 0. The first-order valence-electron chi connectivity index (χ1n) is 7.16. The van der Waals surface area contributed by atoms with Crippen molar-refractivity contribution in [1.82, 2.24) is 5.32 Å². The molecular formula is C17H15F3N2O2. The average Bonchev–Trinajstić information content (AvgIpc) is 2.52. The maximum absolute atomic E-state index is 13.8. The molecule has 0 aliphatic rings. The van der Waals surface area contributed by atoms with Crippen LogP contribution in [-0.4, -0.2) is 24.9 Å². The highest BCUT2D eigenvalue weighted by Gasteiger charge is 2.17. The van der Waals surface area contributed by atoms with E-state index in [2.05, 4.69) is 5.32 Å². The number of nitrogens with zero attached hydrogens (tertiary/aromatic N) is 1. The third kappa shape index (κ3) is 4.13. The molecule has 2 amide bonds. The molecule has 0 bridgehead atoms. The number of nitrogens with one attached hydrogen (secondary N) is 1.